The number of nitrogens with zero attached hydrogens (tertiary/aromatic N) is 2. The molecule has 5 heteroatoms. The molecule has 3 aromatic rings. The first-order valence-corrected chi connectivity index (χ1v) is 13.7. The van der Waals surface area contributed by atoms with Crippen molar-refractivity contribution in [2.45, 2.75) is 64.8 Å². The molecule has 1 aromatic heterocycles. The predicted octanol–water partition coefficient (Wildman–Crippen LogP) is 7.84. The number of carbonyl (C=O) groups is 1. The Morgan fingerprint density at radius 3 is 2.57 bits per heavy atom. The molecule has 1 saturated carbocycles. The third-order valence-electron chi connectivity index (χ3n) is 6.81. The van der Waals surface area contributed by atoms with Gasteiger partial charge in [0.05, 0.1) is 0 Å². The zero-order valence-corrected chi connectivity index (χ0v) is 22.3. The summed E-state index contributed by atoms with van der Waals surface area (Å²) in [5.41, 5.74) is 5.02. The highest BCUT2D eigenvalue weighted by molar-refractivity contribution is 5.75. The largest absolute Gasteiger partial charge is 0.439 e. The van der Waals surface area contributed by atoms with Gasteiger partial charge in [-0.2, -0.15) is 0 Å². The summed E-state index contributed by atoms with van der Waals surface area (Å²) in [6, 6.07) is 22.9. The highest BCUT2D eigenvalue weighted by Gasteiger charge is 2.40. The summed E-state index contributed by atoms with van der Waals surface area (Å²) in [6.45, 7) is 7.67. The van der Waals surface area contributed by atoms with Crippen LogP contribution in [-0.2, 0) is 6.42 Å². The molecule has 0 spiro atoms. The van der Waals surface area contributed by atoms with E-state index in [0.717, 1.165) is 56.5 Å². The molecule has 1 aliphatic heterocycles. The van der Waals surface area contributed by atoms with Gasteiger partial charge < -0.3 is 15.0 Å². The molecule has 1 unspecified atom stereocenters. The number of hydrogen-bond donors (Lipinski definition) is 1. The third-order valence-corrected chi connectivity index (χ3v) is 6.81. The number of rotatable bonds is 7. The second-order valence-corrected chi connectivity index (χ2v) is 9.53. The summed E-state index contributed by atoms with van der Waals surface area (Å²) in [5, 5.41) is 3.22. The monoisotopic (exact) mass is 499 g/mol. The van der Waals surface area contributed by atoms with Crippen molar-refractivity contribution >= 4 is 12.1 Å². The highest BCUT2D eigenvalue weighted by atomic mass is 16.5. The second-order valence-electron chi connectivity index (χ2n) is 9.53. The maximum atomic E-state index is 12.7. The van der Waals surface area contributed by atoms with Gasteiger partial charge in [-0.05, 0) is 54.5 Å². The second kappa shape index (κ2) is 13.1. The zero-order chi connectivity index (χ0) is 26.0. The number of nitrogens with one attached hydrogen (secondary N) is 1. The summed E-state index contributed by atoms with van der Waals surface area (Å²) in [7, 11) is 0. The van der Waals surface area contributed by atoms with Crippen LogP contribution in [0.15, 0.2) is 78.5 Å². The Balaban J connectivity index is 0.00000130. The first kappa shape index (κ1) is 26.5. The van der Waals surface area contributed by atoms with Crippen molar-refractivity contribution in [2.75, 3.05) is 13.1 Å². The first-order chi connectivity index (χ1) is 18.2. The Morgan fingerprint density at radius 1 is 1.08 bits per heavy atom. The summed E-state index contributed by atoms with van der Waals surface area (Å²) in [6.07, 6.45) is 9.08. The standard InChI is InChI=1S/C30H33N3O2.C2H6.H2/c1-2-7-23-12-13-29(31-21-23)35-26-11-6-8-24(19-26)18-22-14-16-33(17-15-22)30(34)32-28-20-27(28)25-9-4-3-5-10-25;1-2;/h3-6,8-13,18-19,21,27-28H,2,7,14-17,20H2,1H3,(H,32,34);1-2H3;1H/t27?,28-;;/m1../s1. The molecular weight excluding hydrogens is 458 g/mol. The Hall–Kier alpha value is -3.60. The smallest absolute Gasteiger partial charge is 0.317 e. The van der Waals surface area contributed by atoms with Crippen LogP contribution in [-0.4, -0.2) is 35.0 Å². The maximum Gasteiger partial charge on any atom is 0.317 e. The Morgan fingerprint density at radius 2 is 1.86 bits per heavy atom. The lowest BCUT2D eigenvalue weighted by atomic mass is 10.0. The minimum absolute atomic E-state index is 0. The van der Waals surface area contributed by atoms with E-state index < -0.39 is 0 Å². The molecule has 5 nitrogen and oxygen atoms in total. The quantitative estimate of drug-likeness (QED) is 0.360. The van der Waals surface area contributed by atoms with E-state index in [-0.39, 0.29) is 13.5 Å². The fourth-order valence-electron chi connectivity index (χ4n) is 4.75. The number of carbonyl (C=O) groups excluding carboxylic acids is 1. The van der Waals surface area contributed by atoms with Gasteiger partial charge in [-0.3, -0.25) is 0 Å². The predicted molar refractivity (Wildman–Crippen MR) is 153 cm³/mol. The van der Waals surface area contributed by atoms with E-state index in [1.165, 1.54) is 16.7 Å². The molecule has 2 aliphatic rings. The molecule has 1 N–H and O–H groups in total. The van der Waals surface area contributed by atoms with Crippen molar-refractivity contribution in [2.24, 2.45) is 0 Å². The van der Waals surface area contributed by atoms with E-state index in [9.17, 15) is 4.79 Å². The number of aromatic nitrogens is 1. The van der Waals surface area contributed by atoms with Gasteiger partial charge in [0, 0.05) is 38.7 Å². The fourth-order valence-corrected chi connectivity index (χ4v) is 4.75. The van der Waals surface area contributed by atoms with E-state index in [2.05, 4.69) is 59.7 Å². The molecule has 2 fully saturated rings. The molecule has 2 atom stereocenters. The van der Waals surface area contributed by atoms with E-state index in [1.807, 2.05) is 55.3 Å². The fraction of sp³-hybridized carbons (Fsp3) is 0.375. The van der Waals surface area contributed by atoms with Gasteiger partial charge in [-0.25, -0.2) is 9.78 Å². The van der Waals surface area contributed by atoms with Crippen LogP contribution in [0.4, 0.5) is 4.79 Å². The van der Waals surface area contributed by atoms with Crippen molar-refractivity contribution in [1.29, 1.82) is 0 Å². The van der Waals surface area contributed by atoms with Crippen LogP contribution in [0.2, 0.25) is 0 Å². The lowest BCUT2D eigenvalue weighted by Gasteiger charge is -2.28. The topological polar surface area (TPSA) is 54.5 Å². The van der Waals surface area contributed by atoms with Gasteiger partial charge in [0.2, 0.25) is 5.88 Å². The molecule has 1 saturated heterocycles. The van der Waals surface area contributed by atoms with E-state index in [0.29, 0.717) is 11.8 Å². The number of likely N-dealkylation sites (tertiary alicyclic amines) is 1. The number of ether oxygens (including phenoxy) is 1. The van der Waals surface area contributed by atoms with Crippen molar-refractivity contribution in [3.63, 3.8) is 0 Å². The van der Waals surface area contributed by atoms with Gasteiger partial charge in [-0.15, -0.1) is 0 Å². The molecule has 1 aliphatic carbocycles. The SMILES string of the molecule is CC.CCCc1ccc(Oc2cccc(C=C3CCN(C(=O)N[C@@H]4CC4c4ccccc4)CC3)c2)nc1.[HH]. The summed E-state index contributed by atoms with van der Waals surface area (Å²) in [4.78, 5) is 19.1. The minimum Gasteiger partial charge on any atom is -0.439 e. The van der Waals surface area contributed by atoms with Gasteiger partial charge in [0.15, 0.2) is 0 Å². The molecule has 5 rings (SSSR count). The van der Waals surface area contributed by atoms with Gasteiger partial charge in [0.1, 0.15) is 5.75 Å². The van der Waals surface area contributed by atoms with Crippen LogP contribution in [0.25, 0.3) is 6.08 Å². The van der Waals surface area contributed by atoms with Crippen LogP contribution < -0.4 is 10.1 Å². The molecule has 2 aromatic carbocycles. The summed E-state index contributed by atoms with van der Waals surface area (Å²) in [5.74, 6) is 1.85. The number of benzene rings is 2. The molecule has 2 heterocycles. The van der Waals surface area contributed by atoms with Crippen LogP contribution in [0.5, 0.6) is 11.6 Å². The lowest BCUT2D eigenvalue weighted by molar-refractivity contribution is 0.193. The number of piperidine rings is 1. The number of amides is 2. The van der Waals surface area contributed by atoms with Gasteiger partial charge in [-0.1, -0.05) is 87.4 Å². The normalized spacial score (nSPS) is 18.4. The molecule has 196 valence electrons. The van der Waals surface area contributed by atoms with Crippen molar-refractivity contribution in [3.8, 4) is 11.6 Å². The van der Waals surface area contributed by atoms with Crippen molar-refractivity contribution in [1.82, 2.24) is 15.2 Å². The van der Waals surface area contributed by atoms with E-state index >= 15 is 0 Å². The average molecular weight is 500 g/mol. The van der Waals surface area contributed by atoms with Crippen LogP contribution in [0.3, 0.4) is 0 Å². The van der Waals surface area contributed by atoms with Gasteiger partial charge in [0.25, 0.3) is 0 Å². The first-order valence-electron chi connectivity index (χ1n) is 13.7. The molecule has 0 radical (unpaired) electrons. The van der Waals surface area contributed by atoms with E-state index in [1.54, 1.807) is 0 Å². The summed E-state index contributed by atoms with van der Waals surface area (Å²) < 4.78 is 5.97. The molecule has 0 bridgehead atoms. The van der Waals surface area contributed by atoms with Crippen LogP contribution >= 0.6 is 0 Å². The number of hydrogen-bond acceptors (Lipinski definition) is 3. The molecule has 37 heavy (non-hydrogen) atoms. The Bertz CT molecular complexity index is 1170. The lowest BCUT2D eigenvalue weighted by Crippen LogP contribution is -2.44. The van der Waals surface area contributed by atoms with Gasteiger partial charge >= 0.3 is 6.03 Å². The van der Waals surface area contributed by atoms with Crippen LogP contribution in [0.1, 0.15) is 70.5 Å². The zero-order valence-electron chi connectivity index (χ0n) is 22.3. The van der Waals surface area contributed by atoms with E-state index in [4.69, 9.17) is 4.74 Å². The number of urea groups is 1. The average Bonchev–Trinajstić information content (AvgIpc) is 3.71. The Labute approximate surface area is 223 Å². The number of aryl methyl sites for hydroxylation is 1. The summed E-state index contributed by atoms with van der Waals surface area (Å²) >= 11 is 0. The van der Waals surface area contributed by atoms with Crippen molar-refractivity contribution < 1.29 is 11.0 Å². The molecule has 2 amide bonds. The minimum atomic E-state index is 0. The number of pyridine rings is 1. The molecular formula is C32H41N3O2. The third kappa shape index (κ3) is 7.45. The van der Waals surface area contributed by atoms with Crippen LogP contribution in [0, 0.1) is 0 Å². The maximum absolute atomic E-state index is 12.7. The van der Waals surface area contributed by atoms with Crippen molar-refractivity contribution in [3.05, 3.63) is 95.2 Å². The highest BCUT2D eigenvalue weighted by Crippen LogP contribution is 2.40. The Kier molecular flexibility index (Phi) is 9.36.